The SMILES string of the molecule is CCCCc1ccccc1-c1c(C#N)c(C#N)cc2cc(F)cc(Nc3ccc(C(O)OCCOCC)cc3)c12. The molecule has 0 saturated heterocycles. The van der Waals surface area contributed by atoms with Gasteiger partial charge in [-0.1, -0.05) is 49.7 Å². The molecule has 1 atom stereocenters. The first-order valence-electron chi connectivity index (χ1n) is 13.4. The van der Waals surface area contributed by atoms with Gasteiger partial charge in [0.2, 0.25) is 0 Å². The summed E-state index contributed by atoms with van der Waals surface area (Å²) in [7, 11) is 0. The molecule has 0 fully saturated rings. The van der Waals surface area contributed by atoms with Gasteiger partial charge < -0.3 is 19.9 Å². The van der Waals surface area contributed by atoms with Crippen LogP contribution in [0.2, 0.25) is 0 Å². The van der Waals surface area contributed by atoms with Crippen LogP contribution in [-0.4, -0.2) is 24.9 Å². The Morgan fingerprint density at radius 2 is 1.75 bits per heavy atom. The predicted molar refractivity (Wildman–Crippen MR) is 155 cm³/mol. The van der Waals surface area contributed by atoms with Crippen LogP contribution in [0.3, 0.4) is 0 Å². The molecule has 6 nitrogen and oxygen atoms in total. The molecule has 0 radical (unpaired) electrons. The van der Waals surface area contributed by atoms with Crippen LogP contribution in [0.5, 0.6) is 0 Å². The third-order valence-electron chi connectivity index (χ3n) is 6.70. The average Bonchev–Trinajstić information content (AvgIpc) is 2.97. The number of aliphatic hydroxyl groups is 1. The first-order chi connectivity index (χ1) is 19.5. The van der Waals surface area contributed by atoms with E-state index < -0.39 is 12.1 Å². The number of unbranched alkanes of at least 4 members (excludes halogenated alkanes) is 1. The Balaban J connectivity index is 1.80. The van der Waals surface area contributed by atoms with Crippen LogP contribution in [0, 0.1) is 28.5 Å². The number of benzene rings is 4. The third-order valence-corrected chi connectivity index (χ3v) is 6.70. The molecule has 0 aliphatic carbocycles. The largest absolute Gasteiger partial charge is 0.379 e. The summed E-state index contributed by atoms with van der Waals surface area (Å²) < 4.78 is 25.5. The molecule has 2 N–H and O–H groups in total. The summed E-state index contributed by atoms with van der Waals surface area (Å²) in [6.07, 6.45) is 1.70. The molecule has 0 aliphatic rings. The summed E-state index contributed by atoms with van der Waals surface area (Å²) in [5.74, 6) is -0.469. The molecule has 0 saturated carbocycles. The summed E-state index contributed by atoms with van der Waals surface area (Å²) in [5, 5.41) is 34.9. The van der Waals surface area contributed by atoms with E-state index in [2.05, 4.69) is 24.4 Å². The topological polar surface area (TPSA) is 98.3 Å². The molecule has 4 aromatic rings. The van der Waals surface area contributed by atoms with Gasteiger partial charge in [0.15, 0.2) is 6.29 Å². The first-order valence-corrected chi connectivity index (χ1v) is 13.4. The highest BCUT2D eigenvalue weighted by Crippen LogP contribution is 2.41. The molecule has 204 valence electrons. The highest BCUT2D eigenvalue weighted by atomic mass is 19.1. The van der Waals surface area contributed by atoms with Gasteiger partial charge in [0.25, 0.3) is 0 Å². The molecular weight excluding hydrogens is 505 g/mol. The molecular formula is C33H32FN3O3. The van der Waals surface area contributed by atoms with Crippen molar-refractivity contribution in [3.63, 3.8) is 0 Å². The molecule has 4 aromatic carbocycles. The lowest BCUT2D eigenvalue weighted by atomic mass is 9.86. The van der Waals surface area contributed by atoms with E-state index in [1.807, 2.05) is 31.2 Å². The number of hydrogen-bond donors (Lipinski definition) is 2. The Morgan fingerprint density at radius 1 is 0.975 bits per heavy atom. The average molecular weight is 538 g/mol. The maximum absolute atomic E-state index is 14.9. The monoisotopic (exact) mass is 537 g/mol. The lowest BCUT2D eigenvalue weighted by Crippen LogP contribution is -2.09. The zero-order valence-electron chi connectivity index (χ0n) is 22.7. The van der Waals surface area contributed by atoms with Gasteiger partial charge in [0, 0.05) is 34.5 Å². The van der Waals surface area contributed by atoms with E-state index in [0.717, 1.165) is 30.4 Å². The van der Waals surface area contributed by atoms with Crippen LogP contribution < -0.4 is 5.32 Å². The van der Waals surface area contributed by atoms with Crippen molar-refractivity contribution in [2.24, 2.45) is 0 Å². The molecule has 0 amide bonds. The Labute approximate surface area is 234 Å². The van der Waals surface area contributed by atoms with E-state index in [9.17, 15) is 20.0 Å². The number of nitrogens with zero attached hydrogens (tertiary/aromatic N) is 2. The minimum atomic E-state index is -1.10. The van der Waals surface area contributed by atoms with Crippen LogP contribution >= 0.6 is 0 Å². The number of nitrogens with one attached hydrogen (secondary N) is 1. The second-order valence-electron chi connectivity index (χ2n) is 9.38. The maximum atomic E-state index is 14.9. The molecule has 0 bridgehead atoms. The molecule has 0 heterocycles. The molecule has 0 aliphatic heterocycles. The Bertz CT molecular complexity index is 1550. The standard InChI is InChI=1S/C33H32FN3O3/c1-3-5-8-22-9-6-7-10-28(22)32-29(21-36)25(20-35)17-24-18-26(34)19-30(31(24)32)37-27-13-11-23(12-14-27)33(38)40-16-15-39-4-2/h6-7,9-14,17-19,33,37-38H,3-5,8,15-16H2,1-2H3. The van der Waals surface area contributed by atoms with Crippen LogP contribution in [0.25, 0.3) is 21.9 Å². The van der Waals surface area contributed by atoms with Gasteiger partial charge >= 0.3 is 0 Å². The minimum absolute atomic E-state index is 0.203. The number of rotatable bonds is 12. The van der Waals surface area contributed by atoms with E-state index in [4.69, 9.17) is 9.47 Å². The second kappa shape index (κ2) is 13.7. The van der Waals surface area contributed by atoms with Gasteiger partial charge in [-0.25, -0.2) is 4.39 Å². The first kappa shape index (κ1) is 28.7. The second-order valence-corrected chi connectivity index (χ2v) is 9.38. The third kappa shape index (κ3) is 6.47. The van der Waals surface area contributed by atoms with Gasteiger partial charge in [-0.05, 0) is 66.6 Å². The maximum Gasteiger partial charge on any atom is 0.181 e. The Kier molecular flexibility index (Phi) is 9.83. The van der Waals surface area contributed by atoms with E-state index in [1.54, 1.807) is 30.3 Å². The lowest BCUT2D eigenvalue weighted by Gasteiger charge is -2.19. The van der Waals surface area contributed by atoms with Crippen molar-refractivity contribution in [1.29, 1.82) is 10.5 Å². The van der Waals surface area contributed by atoms with Crippen LogP contribution in [0.4, 0.5) is 15.8 Å². The molecule has 7 heteroatoms. The summed E-state index contributed by atoms with van der Waals surface area (Å²) >= 11 is 0. The van der Waals surface area contributed by atoms with Gasteiger partial charge in [-0.2, -0.15) is 10.5 Å². The number of aliphatic hydroxyl groups excluding tert-OH is 1. The Hall–Kier alpha value is -4.27. The van der Waals surface area contributed by atoms with E-state index in [1.165, 1.54) is 12.1 Å². The number of halogens is 1. The number of hydrogen-bond acceptors (Lipinski definition) is 6. The summed E-state index contributed by atoms with van der Waals surface area (Å²) in [4.78, 5) is 0. The van der Waals surface area contributed by atoms with Crippen molar-refractivity contribution in [1.82, 2.24) is 0 Å². The van der Waals surface area contributed by atoms with Crippen molar-refractivity contribution in [2.45, 2.75) is 39.4 Å². The van der Waals surface area contributed by atoms with Gasteiger partial charge in [0.1, 0.15) is 18.0 Å². The predicted octanol–water partition coefficient (Wildman–Crippen LogP) is 7.52. The van der Waals surface area contributed by atoms with Crippen molar-refractivity contribution in [3.8, 4) is 23.3 Å². The van der Waals surface area contributed by atoms with E-state index in [0.29, 0.717) is 46.5 Å². The van der Waals surface area contributed by atoms with E-state index in [-0.39, 0.29) is 17.7 Å². The normalized spacial score (nSPS) is 11.7. The summed E-state index contributed by atoms with van der Waals surface area (Å²) in [5.41, 5.74) is 4.69. The fourth-order valence-electron chi connectivity index (χ4n) is 4.78. The number of fused-ring (bicyclic) bond motifs is 1. The zero-order valence-corrected chi connectivity index (χ0v) is 22.7. The quantitative estimate of drug-likeness (QED) is 0.143. The fraction of sp³-hybridized carbons (Fsp3) is 0.273. The molecule has 40 heavy (non-hydrogen) atoms. The number of anilines is 2. The number of aryl methyl sites for hydroxylation is 1. The van der Waals surface area contributed by atoms with Crippen molar-refractivity contribution < 1.29 is 19.0 Å². The summed E-state index contributed by atoms with van der Waals surface area (Å²) in [6, 6.07) is 23.6. The number of ether oxygens (including phenoxy) is 2. The molecule has 0 spiro atoms. The summed E-state index contributed by atoms with van der Waals surface area (Å²) in [6.45, 7) is 5.24. The smallest absolute Gasteiger partial charge is 0.181 e. The van der Waals surface area contributed by atoms with Crippen LogP contribution in [0.1, 0.15) is 55.2 Å². The minimum Gasteiger partial charge on any atom is -0.379 e. The van der Waals surface area contributed by atoms with Gasteiger partial charge in [-0.15, -0.1) is 0 Å². The van der Waals surface area contributed by atoms with Gasteiger partial charge in [0.05, 0.1) is 24.3 Å². The van der Waals surface area contributed by atoms with Crippen molar-refractivity contribution in [3.05, 3.63) is 94.8 Å². The van der Waals surface area contributed by atoms with Crippen LogP contribution in [0.15, 0.2) is 66.7 Å². The van der Waals surface area contributed by atoms with Crippen molar-refractivity contribution in [2.75, 3.05) is 25.1 Å². The Morgan fingerprint density at radius 3 is 2.45 bits per heavy atom. The van der Waals surface area contributed by atoms with Crippen molar-refractivity contribution >= 4 is 22.1 Å². The fourth-order valence-corrected chi connectivity index (χ4v) is 4.78. The zero-order chi connectivity index (χ0) is 28.5. The highest BCUT2D eigenvalue weighted by molar-refractivity contribution is 6.09. The van der Waals surface area contributed by atoms with Gasteiger partial charge in [-0.3, -0.25) is 0 Å². The molecule has 1 unspecified atom stereocenters. The molecule has 4 rings (SSSR count). The molecule has 0 aromatic heterocycles. The lowest BCUT2D eigenvalue weighted by molar-refractivity contribution is -0.115. The van der Waals surface area contributed by atoms with E-state index >= 15 is 0 Å². The van der Waals surface area contributed by atoms with Crippen LogP contribution in [-0.2, 0) is 15.9 Å². The highest BCUT2D eigenvalue weighted by Gasteiger charge is 2.21. The number of nitriles is 2.